The molecule has 1 aromatic heterocycles. The van der Waals surface area contributed by atoms with E-state index in [9.17, 15) is 9.59 Å². The van der Waals surface area contributed by atoms with Crippen LogP contribution < -0.4 is 25.7 Å². The first kappa shape index (κ1) is 24.1. The molecule has 1 saturated heterocycles. The number of methoxy groups -OCH3 is 1. The Morgan fingerprint density at radius 3 is 2.64 bits per heavy atom. The summed E-state index contributed by atoms with van der Waals surface area (Å²) in [6, 6.07) is 15.4. The number of anilines is 1. The molecule has 0 radical (unpaired) electrons. The molecule has 190 valence electrons. The van der Waals surface area contributed by atoms with E-state index in [2.05, 4.69) is 27.7 Å². The number of nitrogens with one attached hydrogen (secondary N) is 2. The largest absolute Gasteiger partial charge is 0.486 e. The molecular weight excluding hydrogens is 460 g/mol. The fourth-order valence-corrected chi connectivity index (χ4v) is 4.89. The van der Waals surface area contributed by atoms with Gasteiger partial charge in [-0.2, -0.15) is 0 Å². The molecule has 5 rings (SSSR count). The van der Waals surface area contributed by atoms with Gasteiger partial charge in [-0.15, -0.1) is 0 Å². The summed E-state index contributed by atoms with van der Waals surface area (Å²) in [5, 5.41) is 7.21. The number of carbonyl (C=O) groups excluding carboxylic acids is 1. The molecule has 3 aromatic rings. The minimum absolute atomic E-state index is 0.0475. The van der Waals surface area contributed by atoms with E-state index in [-0.39, 0.29) is 5.56 Å². The predicted molar refractivity (Wildman–Crippen MR) is 138 cm³/mol. The number of fused-ring (bicyclic) bond motifs is 2. The highest BCUT2D eigenvalue weighted by atomic mass is 16.6. The van der Waals surface area contributed by atoms with Crippen molar-refractivity contribution in [1.29, 1.82) is 0 Å². The van der Waals surface area contributed by atoms with E-state index in [0.717, 1.165) is 61.4 Å². The summed E-state index contributed by atoms with van der Waals surface area (Å²) in [4.78, 5) is 26.8. The second-order valence-electron chi connectivity index (χ2n) is 9.15. The van der Waals surface area contributed by atoms with Crippen LogP contribution in [0.3, 0.4) is 0 Å². The van der Waals surface area contributed by atoms with E-state index >= 15 is 0 Å². The number of hydrogen-bond acceptors (Lipinski definition) is 7. The first-order chi connectivity index (χ1) is 17.6. The lowest BCUT2D eigenvalue weighted by atomic mass is 10.0. The van der Waals surface area contributed by atoms with Gasteiger partial charge < -0.3 is 29.0 Å². The van der Waals surface area contributed by atoms with Gasteiger partial charge in [-0.25, -0.2) is 4.79 Å². The topological polar surface area (TPSA) is 94.1 Å². The Balaban J connectivity index is 1.15. The molecule has 2 aliphatic rings. The minimum Gasteiger partial charge on any atom is -0.486 e. The first-order valence-electron chi connectivity index (χ1n) is 12.4. The third-order valence-corrected chi connectivity index (χ3v) is 6.88. The Kier molecular flexibility index (Phi) is 7.39. The highest BCUT2D eigenvalue weighted by Gasteiger charge is 2.20. The van der Waals surface area contributed by atoms with Crippen molar-refractivity contribution in [2.45, 2.75) is 32.0 Å². The number of benzene rings is 2. The second kappa shape index (κ2) is 11.0. The zero-order valence-corrected chi connectivity index (χ0v) is 20.5. The predicted octanol–water partition coefficient (Wildman–Crippen LogP) is 3.21. The van der Waals surface area contributed by atoms with Gasteiger partial charge in [0.05, 0.1) is 18.3 Å². The molecular formula is C27H32N4O5. The van der Waals surface area contributed by atoms with E-state index in [1.165, 1.54) is 12.7 Å². The van der Waals surface area contributed by atoms with Crippen molar-refractivity contribution in [2.75, 3.05) is 45.3 Å². The summed E-state index contributed by atoms with van der Waals surface area (Å²) in [7, 11) is 1.33. The van der Waals surface area contributed by atoms with Crippen molar-refractivity contribution in [2.24, 2.45) is 0 Å². The van der Waals surface area contributed by atoms with Gasteiger partial charge in [0.15, 0.2) is 11.5 Å². The van der Waals surface area contributed by atoms with E-state index in [1.807, 2.05) is 18.2 Å². The summed E-state index contributed by atoms with van der Waals surface area (Å²) in [6.07, 6.45) is 1.58. The van der Waals surface area contributed by atoms with Gasteiger partial charge in [0.25, 0.3) is 5.56 Å². The molecule has 9 nitrogen and oxygen atoms in total. The quantitative estimate of drug-likeness (QED) is 0.523. The molecule has 1 amide bonds. The number of ether oxygens (including phenoxy) is 3. The number of carbonyl (C=O) groups is 1. The maximum atomic E-state index is 12.7. The van der Waals surface area contributed by atoms with Crippen LogP contribution in [0, 0.1) is 0 Å². The smallest absolute Gasteiger partial charge is 0.411 e. The molecule has 0 atom stereocenters. The van der Waals surface area contributed by atoms with Crippen molar-refractivity contribution in [3.8, 4) is 11.5 Å². The average Bonchev–Trinajstić information content (AvgIpc) is 2.92. The summed E-state index contributed by atoms with van der Waals surface area (Å²) in [5.74, 6) is 1.65. The van der Waals surface area contributed by atoms with Gasteiger partial charge in [0, 0.05) is 37.1 Å². The minimum atomic E-state index is -0.536. The van der Waals surface area contributed by atoms with E-state index in [4.69, 9.17) is 14.2 Å². The highest BCUT2D eigenvalue weighted by Crippen LogP contribution is 2.30. The maximum Gasteiger partial charge on any atom is 0.411 e. The number of amides is 1. The number of piperidine rings is 1. The summed E-state index contributed by atoms with van der Waals surface area (Å²) >= 11 is 0. The van der Waals surface area contributed by atoms with Gasteiger partial charge in [-0.3, -0.25) is 10.1 Å². The van der Waals surface area contributed by atoms with Gasteiger partial charge in [0.2, 0.25) is 0 Å². The molecule has 0 bridgehead atoms. The maximum absolute atomic E-state index is 12.7. The molecule has 0 aliphatic carbocycles. The number of nitrogens with zero attached hydrogens (tertiary/aromatic N) is 2. The van der Waals surface area contributed by atoms with Crippen molar-refractivity contribution in [3.63, 3.8) is 0 Å². The van der Waals surface area contributed by atoms with Crippen LogP contribution >= 0.6 is 0 Å². The van der Waals surface area contributed by atoms with Crippen LogP contribution in [0.2, 0.25) is 0 Å². The van der Waals surface area contributed by atoms with Crippen LogP contribution in [0.25, 0.3) is 10.9 Å². The Morgan fingerprint density at radius 2 is 1.83 bits per heavy atom. The number of aromatic nitrogens is 1. The van der Waals surface area contributed by atoms with Gasteiger partial charge >= 0.3 is 6.09 Å². The molecule has 9 heteroatoms. The monoisotopic (exact) mass is 492 g/mol. The average molecular weight is 493 g/mol. The van der Waals surface area contributed by atoms with Crippen LogP contribution in [0.4, 0.5) is 10.5 Å². The molecule has 0 unspecified atom stereocenters. The molecule has 1 fully saturated rings. The molecule has 0 spiro atoms. The molecule has 36 heavy (non-hydrogen) atoms. The first-order valence-corrected chi connectivity index (χ1v) is 12.4. The lowest BCUT2D eigenvalue weighted by Gasteiger charge is -2.32. The van der Waals surface area contributed by atoms with Crippen molar-refractivity contribution in [3.05, 3.63) is 64.4 Å². The fourth-order valence-electron chi connectivity index (χ4n) is 4.89. The van der Waals surface area contributed by atoms with Crippen LogP contribution in [-0.4, -0.2) is 61.6 Å². The van der Waals surface area contributed by atoms with Crippen molar-refractivity contribution >= 4 is 22.7 Å². The Labute approximate surface area is 209 Å². The zero-order valence-electron chi connectivity index (χ0n) is 20.5. The normalized spacial score (nSPS) is 16.1. The molecule has 0 saturated carbocycles. The van der Waals surface area contributed by atoms with E-state index < -0.39 is 6.09 Å². The lowest BCUT2D eigenvalue weighted by molar-refractivity contribution is 0.171. The number of likely N-dealkylation sites (tertiary alicyclic amines) is 1. The summed E-state index contributed by atoms with van der Waals surface area (Å²) in [6.45, 7) is 5.34. The van der Waals surface area contributed by atoms with E-state index in [1.54, 1.807) is 22.8 Å². The standard InChI is InChI=1S/C27H32N4O5/c1-34-27(33)29-22-3-2-4-23-21(22)6-8-26(32)31(23)14-13-30-11-9-20(10-12-30)28-18-19-5-7-24-25(17-19)36-16-15-35-24/h2-8,17,20,28H,9-16,18H2,1H3,(H,29,33). The summed E-state index contributed by atoms with van der Waals surface area (Å²) in [5.41, 5.74) is 2.57. The number of hydrogen-bond donors (Lipinski definition) is 2. The van der Waals surface area contributed by atoms with Gasteiger partial charge in [0.1, 0.15) is 13.2 Å². The molecule has 2 aliphatic heterocycles. The Morgan fingerprint density at radius 1 is 1.03 bits per heavy atom. The van der Waals surface area contributed by atoms with E-state index in [0.29, 0.717) is 31.5 Å². The van der Waals surface area contributed by atoms with Crippen molar-refractivity contribution in [1.82, 2.24) is 14.8 Å². The third kappa shape index (κ3) is 5.47. The lowest BCUT2D eigenvalue weighted by Crippen LogP contribution is -2.43. The van der Waals surface area contributed by atoms with Gasteiger partial charge in [-0.1, -0.05) is 12.1 Å². The van der Waals surface area contributed by atoms with Crippen LogP contribution in [0.15, 0.2) is 53.3 Å². The third-order valence-electron chi connectivity index (χ3n) is 6.88. The van der Waals surface area contributed by atoms with Crippen LogP contribution in [0.1, 0.15) is 18.4 Å². The van der Waals surface area contributed by atoms with Gasteiger partial charge in [-0.05, 0) is 61.8 Å². The number of rotatable bonds is 7. The Hall–Kier alpha value is -3.56. The fraction of sp³-hybridized carbons (Fsp3) is 0.407. The molecule has 3 heterocycles. The van der Waals surface area contributed by atoms with Crippen LogP contribution in [-0.2, 0) is 17.8 Å². The molecule has 2 N–H and O–H groups in total. The van der Waals surface area contributed by atoms with Crippen LogP contribution in [0.5, 0.6) is 11.5 Å². The second-order valence-corrected chi connectivity index (χ2v) is 9.15. The van der Waals surface area contributed by atoms with Crippen molar-refractivity contribution < 1.29 is 19.0 Å². The summed E-state index contributed by atoms with van der Waals surface area (Å²) < 4.78 is 17.8. The Bertz CT molecular complexity index is 1280. The zero-order chi connectivity index (χ0) is 24.9. The molecule has 2 aromatic carbocycles. The highest BCUT2D eigenvalue weighted by molar-refractivity contribution is 5.98. The SMILES string of the molecule is COC(=O)Nc1cccc2c1ccc(=O)n2CCN1CCC(NCc2ccc3c(c2)OCCO3)CC1. The number of pyridine rings is 1.